The Morgan fingerprint density at radius 2 is 1.56 bits per heavy atom. The highest BCUT2D eigenvalue weighted by Crippen LogP contribution is 2.58. The second-order valence-electron chi connectivity index (χ2n) is 8.19. The van der Waals surface area contributed by atoms with Crippen molar-refractivity contribution in [3.05, 3.63) is 71.9 Å². The van der Waals surface area contributed by atoms with Crippen molar-refractivity contribution in [3.8, 4) is 5.75 Å². The predicted molar refractivity (Wildman–Crippen MR) is 105 cm³/mol. The number of para-hydroxylation sites is 2. The van der Waals surface area contributed by atoms with E-state index in [1.54, 1.807) is 24.3 Å². The first-order chi connectivity index (χ1) is 14.9. The number of aromatic nitrogens is 1. The molecule has 0 saturated heterocycles. The summed E-state index contributed by atoms with van der Waals surface area (Å²) in [5.74, 6) is -0.545. The number of pyridine rings is 1. The number of nitrogens with zero attached hydrogens (tertiary/aromatic N) is 1. The highest BCUT2D eigenvalue weighted by molar-refractivity contribution is 5.81. The van der Waals surface area contributed by atoms with Crippen LogP contribution in [0.15, 0.2) is 60.8 Å². The Labute approximate surface area is 179 Å². The number of aliphatic hydroxyl groups is 1. The van der Waals surface area contributed by atoms with E-state index in [1.807, 2.05) is 0 Å². The maximum absolute atomic E-state index is 14.2. The van der Waals surface area contributed by atoms with Crippen LogP contribution in [0, 0.1) is 0 Å². The third-order valence-corrected chi connectivity index (χ3v) is 5.92. The quantitative estimate of drug-likeness (QED) is 0.458. The highest BCUT2D eigenvalue weighted by Gasteiger charge is 2.61. The maximum Gasteiger partial charge on any atom is 0.573 e. The largest absolute Gasteiger partial charge is 0.573 e. The number of alkyl halides is 6. The van der Waals surface area contributed by atoms with Crippen LogP contribution in [0.2, 0.25) is 0 Å². The van der Waals surface area contributed by atoms with E-state index < -0.39 is 42.1 Å². The van der Waals surface area contributed by atoms with Crippen LogP contribution in [-0.4, -0.2) is 28.2 Å². The van der Waals surface area contributed by atoms with Crippen molar-refractivity contribution in [2.24, 2.45) is 0 Å². The molecule has 3 aromatic rings. The van der Waals surface area contributed by atoms with Crippen LogP contribution >= 0.6 is 0 Å². The SMILES string of the molecule is OC(Cc1ccnc2ccccc12)(CC1(c2ccccc2OC(F)(F)F)CC1)C(F)(F)F. The standard InChI is InChI=1S/C23H19F6NO2/c24-22(25,26)21(31,13-15-9-12-30-18-7-3-1-5-16(15)18)14-20(10-11-20)17-6-2-4-8-19(17)32-23(27,28)29/h1-9,12,31H,10-11,13-14H2. The van der Waals surface area contributed by atoms with E-state index in [0.29, 0.717) is 10.9 Å². The molecule has 2 aromatic carbocycles. The Morgan fingerprint density at radius 3 is 2.22 bits per heavy atom. The number of ether oxygens (including phenoxy) is 1. The summed E-state index contributed by atoms with van der Waals surface area (Å²) in [4.78, 5) is 4.13. The molecule has 0 radical (unpaired) electrons. The van der Waals surface area contributed by atoms with Gasteiger partial charge in [0.2, 0.25) is 0 Å². The lowest BCUT2D eigenvalue weighted by Crippen LogP contribution is -2.49. The zero-order chi connectivity index (χ0) is 23.2. The monoisotopic (exact) mass is 455 g/mol. The Kier molecular flexibility index (Phi) is 5.35. The summed E-state index contributed by atoms with van der Waals surface area (Å²) in [5, 5.41) is 11.4. The molecule has 0 bridgehead atoms. The van der Waals surface area contributed by atoms with Crippen molar-refractivity contribution < 1.29 is 36.2 Å². The van der Waals surface area contributed by atoms with Gasteiger partial charge in [-0.1, -0.05) is 36.4 Å². The minimum atomic E-state index is -5.01. The van der Waals surface area contributed by atoms with Crippen LogP contribution < -0.4 is 4.74 Å². The third kappa shape index (κ3) is 4.39. The molecule has 1 saturated carbocycles. The van der Waals surface area contributed by atoms with Crippen molar-refractivity contribution in [3.63, 3.8) is 0 Å². The Balaban J connectivity index is 1.71. The van der Waals surface area contributed by atoms with E-state index in [2.05, 4.69) is 9.72 Å². The lowest BCUT2D eigenvalue weighted by Gasteiger charge is -2.35. The van der Waals surface area contributed by atoms with Crippen LogP contribution in [-0.2, 0) is 11.8 Å². The summed E-state index contributed by atoms with van der Waals surface area (Å²) in [6, 6.07) is 13.2. The molecule has 1 aliphatic rings. The molecule has 1 atom stereocenters. The van der Waals surface area contributed by atoms with Crippen molar-refractivity contribution in [1.82, 2.24) is 4.98 Å². The second kappa shape index (κ2) is 7.65. The van der Waals surface area contributed by atoms with E-state index in [4.69, 9.17) is 0 Å². The summed E-state index contributed by atoms with van der Waals surface area (Å²) in [7, 11) is 0. The fourth-order valence-corrected chi connectivity index (χ4v) is 4.26. The molecule has 0 spiro atoms. The van der Waals surface area contributed by atoms with E-state index in [1.165, 1.54) is 30.5 Å². The first-order valence-electron chi connectivity index (χ1n) is 9.90. The van der Waals surface area contributed by atoms with Crippen LogP contribution in [0.25, 0.3) is 10.9 Å². The molecule has 4 rings (SSSR count). The van der Waals surface area contributed by atoms with E-state index in [-0.39, 0.29) is 24.0 Å². The zero-order valence-corrected chi connectivity index (χ0v) is 16.7. The summed E-state index contributed by atoms with van der Waals surface area (Å²) in [6.07, 6.45) is -9.73. The molecule has 1 aromatic heterocycles. The fraction of sp³-hybridized carbons (Fsp3) is 0.348. The van der Waals surface area contributed by atoms with Gasteiger partial charge >= 0.3 is 12.5 Å². The van der Waals surface area contributed by atoms with Gasteiger partial charge in [-0.3, -0.25) is 4.98 Å². The molecule has 1 fully saturated rings. The van der Waals surface area contributed by atoms with E-state index in [0.717, 1.165) is 6.07 Å². The molecule has 32 heavy (non-hydrogen) atoms. The number of hydrogen-bond donors (Lipinski definition) is 1. The molecule has 1 N–H and O–H groups in total. The molecule has 1 aliphatic carbocycles. The zero-order valence-electron chi connectivity index (χ0n) is 16.7. The number of benzene rings is 2. The van der Waals surface area contributed by atoms with Crippen LogP contribution in [0.5, 0.6) is 5.75 Å². The second-order valence-corrected chi connectivity index (χ2v) is 8.19. The van der Waals surface area contributed by atoms with Crippen LogP contribution in [0.1, 0.15) is 30.4 Å². The molecular weight excluding hydrogens is 436 g/mol. The van der Waals surface area contributed by atoms with Gasteiger partial charge in [0.1, 0.15) is 5.75 Å². The third-order valence-electron chi connectivity index (χ3n) is 5.92. The molecule has 170 valence electrons. The molecule has 0 aliphatic heterocycles. The van der Waals surface area contributed by atoms with Gasteiger partial charge in [-0.25, -0.2) is 0 Å². The normalized spacial score (nSPS) is 17.7. The molecule has 3 nitrogen and oxygen atoms in total. The van der Waals surface area contributed by atoms with Crippen LogP contribution in [0.4, 0.5) is 26.3 Å². The van der Waals surface area contributed by atoms with Gasteiger partial charge in [-0.05, 0) is 43.0 Å². The molecule has 1 unspecified atom stereocenters. The van der Waals surface area contributed by atoms with Gasteiger partial charge in [0.15, 0.2) is 5.60 Å². The van der Waals surface area contributed by atoms with E-state index in [9.17, 15) is 31.4 Å². The number of halogens is 6. The van der Waals surface area contributed by atoms with Crippen molar-refractivity contribution >= 4 is 10.9 Å². The average Bonchev–Trinajstić information content (AvgIpc) is 3.47. The van der Waals surface area contributed by atoms with Gasteiger partial charge in [0.25, 0.3) is 0 Å². The first kappa shape index (κ1) is 22.4. The summed E-state index contributed by atoms with van der Waals surface area (Å²) < 4.78 is 85.0. The smallest absolute Gasteiger partial charge is 0.405 e. The van der Waals surface area contributed by atoms with Crippen molar-refractivity contribution in [2.75, 3.05) is 0 Å². The summed E-state index contributed by atoms with van der Waals surface area (Å²) in [6.45, 7) is 0. The molecule has 0 amide bonds. The number of hydrogen-bond acceptors (Lipinski definition) is 3. The Morgan fingerprint density at radius 1 is 0.906 bits per heavy atom. The lowest BCUT2D eigenvalue weighted by molar-refractivity contribution is -0.275. The minimum Gasteiger partial charge on any atom is -0.405 e. The maximum atomic E-state index is 14.2. The van der Waals surface area contributed by atoms with Gasteiger partial charge in [-0.2, -0.15) is 13.2 Å². The fourth-order valence-electron chi connectivity index (χ4n) is 4.26. The van der Waals surface area contributed by atoms with Gasteiger partial charge in [-0.15, -0.1) is 13.2 Å². The summed E-state index contributed by atoms with van der Waals surface area (Å²) in [5.41, 5.74) is -3.67. The first-order valence-corrected chi connectivity index (χ1v) is 9.90. The van der Waals surface area contributed by atoms with Crippen molar-refractivity contribution in [2.45, 2.75) is 49.2 Å². The lowest BCUT2D eigenvalue weighted by atomic mass is 9.79. The van der Waals surface area contributed by atoms with Gasteiger partial charge < -0.3 is 9.84 Å². The predicted octanol–water partition coefficient (Wildman–Crippen LogP) is 6.09. The summed E-state index contributed by atoms with van der Waals surface area (Å²) >= 11 is 0. The molecular formula is C23H19F6NO2. The topological polar surface area (TPSA) is 42.4 Å². The Hall–Kier alpha value is -2.81. The molecule has 9 heteroatoms. The van der Waals surface area contributed by atoms with Crippen LogP contribution in [0.3, 0.4) is 0 Å². The van der Waals surface area contributed by atoms with Crippen molar-refractivity contribution in [1.29, 1.82) is 0 Å². The highest BCUT2D eigenvalue weighted by atomic mass is 19.4. The Bertz CT molecular complexity index is 1120. The molecule has 1 heterocycles. The number of fused-ring (bicyclic) bond motifs is 1. The average molecular weight is 455 g/mol. The minimum absolute atomic E-state index is 0.0135. The van der Waals surface area contributed by atoms with Gasteiger partial charge in [0, 0.05) is 29.0 Å². The van der Waals surface area contributed by atoms with Gasteiger partial charge in [0.05, 0.1) is 5.52 Å². The number of rotatable bonds is 6. The van der Waals surface area contributed by atoms with E-state index >= 15 is 0 Å².